The highest BCUT2D eigenvalue weighted by molar-refractivity contribution is 5.82. The van der Waals surface area contributed by atoms with Gasteiger partial charge in [0, 0.05) is 0 Å². The second-order valence-corrected chi connectivity index (χ2v) is 17.3. The lowest BCUT2D eigenvalue weighted by Crippen LogP contribution is -2.65. The van der Waals surface area contributed by atoms with E-state index in [0.717, 1.165) is 51.4 Å². The molecule has 0 spiro atoms. The highest BCUT2D eigenvalue weighted by Gasteiger charge is 2.69. The summed E-state index contributed by atoms with van der Waals surface area (Å²) in [5.74, 6) is 1.47. The van der Waals surface area contributed by atoms with Crippen LogP contribution < -0.4 is 0 Å². The van der Waals surface area contributed by atoms with Gasteiger partial charge in [-0.15, -0.1) is 0 Å². The first-order valence-electron chi connectivity index (χ1n) is 16.6. The summed E-state index contributed by atoms with van der Waals surface area (Å²) in [6.45, 7) is 22.2. The van der Waals surface area contributed by atoms with E-state index >= 15 is 0 Å². The Kier molecular flexibility index (Phi) is 7.45. The molecule has 5 aliphatic rings. The molecule has 0 aliphatic heterocycles. The second kappa shape index (κ2) is 9.83. The Labute approximate surface area is 249 Å². The van der Waals surface area contributed by atoms with E-state index in [1.807, 2.05) is 20.8 Å². The first-order valence-corrected chi connectivity index (χ1v) is 16.6. The third-order valence-corrected chi connectivity index (χ3v) is 14.1. The van der Waals surface area contributed by atoms with Crippen LogP contribution in [0.4, 0.5) is 0 Å². The molecule has 3 unspecified atom stereocenters. The predicted molar refractivity (Wildman–Crippen MR) is 162 cm³/mol. The van der Waals surface area contributed by atoms with Gasteiger partial charge in [-0.2, -0.15) is 0 Å². The summed E-state index contributed by atoms with van der Waals surface area (Å²) in [6.07, 6.45) is 11.4. The van der Waals surface area contributed by atoms with Gasteiger partial charge in [0.2, 0.25) is 0 Å². The van der Waals surface area contributed by atoms with Gasteiger partial charge in [0.15, 0.2) is 6.61 Å². The van der Waals surface area contributed by atoms with Crippen LogP contribution >= 0.6 is 0 Å². The third-order valence-electron chi connectivity index (χ3n) is 14.1. The number of aliphatic hydroxyl groups is 1. The van der Waals surface area contributed by atoms with Crippen molar-refractivity contribution in [3.63, 3.8) is 0 Å². The summed E-state index contributed by atoms with van der Waals surface area (Å²) >= 11 is 0. The van der Waals surface area contributed by atoms with E-state index in [2.05, 4.69) is 54.5 Å². The van der Waals surface area contributed by atoms with Gasteiger partial charge < -0.3 is 14.6 Å². The van der Waals surface area contributed by atoms with Crippen LogP contribution in [0.3, 0.4) is 0 Å². The van der Waals surface area contributed by atoms with Gasteiger partial charge in [0.05, 0.1) is 11.5 Å². The maximum atomic E-state index is 14.1. The van der Waals surface area contributed by atoms with Crippen LogP contribution in [0.2, 0.25) is 0 Å². The van der Waals surface area contributed by atoms with E-state index in [4.69, 9.17) is 9.47 Å². The zero-order valence-electron chi connectivity index (χ0n) is 27.7. The Hall–Kier alpha value is -1.36. The van der Waals surface area contributed by atoms with Crippen LogP contribution in [0.5, 0.6) is 0 Å². The maximum Gasteiger partial charge on any atom is 0.344 e. The number of hydrogen-bond donors (Lipinski definition) is 1. The molecule has 0 saturated heterocycles. The molecule has 0 bridgehead atoms. The van der Waals surface area contributed by atoms with Crippen molar-refractivity contribution in [2.45, 2.75) is 139 Å². The quantitative estimate of drug-likeness (QED) is 0.276. The minimum absolute atomic E-state index is 0.0229. The summed E-state index contributed by atoms with van der Waals surface area (Å²) in [7, 11) is 0. The molecule has 4 saturated carbocycles. The van der Waals surface area contributed by atoms with Gasteiger partial charge in [0.1, 0.15) is 5.60 Å². The average Bonchev–Trinajstić information content (AvgIpc) is 2.86. The number of ether oxygens (including phenoxy) is 2. The van der Waals surface area contributed by atoms with Gasteiger partial charge in [-0.1, -0.05) is 60.1 Å². The standard InChI is InChI=1S/C36H58O5/c1-22-13-18-36(30(39)40-21-28(38)41-31(3,4)5)20-19-34(9)24(29(36)23(22)2)11-12-26-33(8)16-15-27(37)32(6,7)25(33)14-17-35(26,34)10/h11,22-23,25-27,29,37H,12-21H2,1-10H3/t22-,23+,25?,26?,27+,29?,33+,34-,35-,36+/m1/s1. The molecule has 10 atom stereocenters. The number of carbonyl (C=O) groups excluding carboxylic acids is 2. The van der Waals surface area contributed by atoms with Crippen molar-refractivity contribution in [1.29, 1.82) is 0 Å². The molecule has 0 aromatic carbocycles. The number of allylic oxidation sites excluding steroid dienone is 2. The Morgan fingerprint density at radius 2 is 1.61 bits per heavy atom. The van der Waals surface area contributed by atoms with Crippen LogP contribution in [0.1, 0.15) is 127 Å². The largest absolute Gasteiger partial charge is 0.457 e. The molecule has 0 radical (unpaired) electrons. The van der Waals surface area contributed by atoms with Crippen LogP contribution in [0.25, 0.3) is 0 Å². The molecule has 4 fully saturated rings. The molecular formula is C36H58O5. The molecule has 0 amide bonds. The molecule has 5 rings (SSSR count). The number of fused-ring (bicyclic) bond motifs is 7. The lowest BCUT2D eigenvalue weighted by Gasteiger charge is -2.71. The molecule has 0 aromatic heterocycles. The Bertz CT molecular complexity index is 1100. The van der Waals surface area contributed by atoms with Gasteiger partial charge in [0.25, 0.3) is 0 Å². The third kappa shape index (κ3) is 4.48. The smallest absolute Gasteiger partial charge is 0.344 e. The van der Waals surface area contributed by atoms with Crippen molar-refractivity contribution in [2.75, 3.05) is 6.61 Å². The zero-order valence-corrected chi connectivity index (χ0v) is 27.7. The van der Waals surface area contributed by atoms with Gasteiger partial charge in [-0.05, 0) is 130 Å². The van der Waals surface area contributed by atoms with Crippen molar-refractivity contribution in [3.05, 3.63) is 11.6 Å². The SMILES string of the molecule is C[C@@H]1CC[C@]2(C(=O)OCC(=O)OC(C)(C)C)CC[C@]3(C)C(=CCC4[C@@]5(C)CC[C@H](O)C(C)(C)C5CC[C@]43C)C2[C@H]1C. The molecule has 41 heavy (non-hydrogen) atoms. The Balaban J connectivity index is 1.50. The van der Waals surface area contributed by atoms with Crippen molar-refractivity contribution < 1.29 is 24.2 Å². The lowest BCUT2D eigenvalue weighted by atomic mass is 9.33. The first-order chi connectivity index (χ1) is 18.8. The summed E-state index contributed by atoms with van der Waals surface area (Å²) < 4.78 is 11.3. The van der Waals surface area contributed by atoms with Crippen LogP contribution in [-0.4, -0.2) is 35.4 Å². The van der Waals surface area contributed by atoms with E-state index in [9.17, 15) is 14.7 Å². The number of carbonyl (C=O) groups is 2. The van der Waals surface area contributed by atoms with E-state index in [-0.39, 0.29) is 46.3 Å². The molecule has 5 nitrogen and oxygen atoms in total. The normalized spacial score (nSPS) is 47.0. The van der Waals surface area contributed by atoms with Gasteiger partial charge >= 0.3 is 11.9 Å². The Morgan fingerprint density at radius 3 is 2.27 bits per heavy atom. The van der Waals surface area contributed by atoms with Crippen molar-refractivity contribution in [1.82, 2.24) is 0 Å². The van der Waals surface area contributed by atoms with E-state index in [1.54, 1.807) is 0 Å². The van der Waals surface area contributed by atoms with Crippen molar-refractivity contribution in [3.8, 4) is 0 Å². The molecule has 0 aromatic rings. The van der Waals surface area contributed by atoms with E-state index in [0.29, 0.717) is 23.7 Å². The highest BCUT2D eigenvalue weighted by Crippen LogP contribution is 2.75. The maximum absolute atomic E-state index is 14.1. The molecule has 232 valence electrons. The molecular weight excluding hydrogens is 512 g/mol. The lowest BCUT2D eigenvalue weighted by molar-refractivity contribution is -0.208. The minimum Gasteiger partial charge on any atom is -0.457 e. The number of rotatable bonds is 3. The fourth-order valence-corrected chi connectivity index (χ4v) is 11.5. The fourth-order valence-electron chi connectivity index (χ4n) is 11.5. The summed E-state index contributed by atoms with van der Waals surface area (Å²) in [5.41, 5.74) is 0.641. The van der Waals surface area contributed by atoms with E-state index < -0.39 is 17.0 Å². The molecule has 0 heterocycles. The monoisotopic (exact) mass is 570 g/mol. The Morgan fingerprint density at radius 1 is 0.927 bits per heavy atom. The minimum atomic E-state index is -0.605. The van der Waals surface area contributed by atoms with E-state index in [1.165, 1.54) is 12.0 Å². The number of hydrogen-bond acceptors (Lipinski definition) is 5. The zero-order chi connectivity index (χ0) is 30.4. The predicted octanol–water partition coefficient (Wildman–Crippen LogP) is 7.89. The molecule has 1 N–H and O–H groups in total. The summed E-state index contributed by atoms with van der Waals surface area (Å²) in [4.78, 5) is 26.6. The van der Waals surface area contributed by atoms with Crippen molar-refractivity contribution >= 4 is 11.9 Å². The van der Waals surface area contributed by atoms with Crippen LogP contribution in [0.15, 0.2) is 11.6 Å². The molecule has 5 aliphatic carbocycles. The second-order valence-electron chi connectivity index (χ2n) is 17.3. The van der Waals surface area contributed by atoms with Gasteiger partial charge in [-0.25, -0.2) is 4.79 Å². The highest BCUT2D eigenvalue weighted by atomic mass is 16.6. The van der Waals surface area contributed by atoms with Crippen LogP contribution in [0, 0.1) is 56.7 Å². The van der Waals surface area contributed by atoms with Gasteiger partial charge in [-0.3, -0.25) is 4.79 Å². The summed E-state index contributed by atoms with van der Waals surface area (Å²) in [6, 6.07) is 0. The topological polar surface area (TPSA) is 72.8 Å². The first kappa shape index (κ1) is 31.1. The number of esters is 2. The van der Waals surface area contributed by atoms with Crippen LogP contribution in [-0.2, 0) is 19.1 Å². The fraction of sp³-hybridized carbons (Fsp3) is 0.889. The number of aliphatic hydroxyl groups excluding tert-OH is 1. The van der Waals surface area contributed by atoms with Crippen molar-refractivity contribution in [2.24, 2.45) is 56.7 Å². The average molecular weight is 571 g/mol. The molecule has 5 heteroatoms. The summed E-state index contributed by atoms with van der Waals surface area (Å²) in [5, 5.41) is 11.0.